The molecule has 3 rings (SSSR count). The van der Waals surface area contributed by atoms with E-state index in [1.165, 1.54) is 24.8 Å². The summed E-state index contributed by atoms with van der Waals surface area (Å²) in [6.07, 6.45) is 7.91. The number of hydrogen-bond acceptors (Lipinski definition) is 2. The Bertz CT molecular complexity index is 444. The third kappa shape index (κ3) is 2.16. The lowest BCUT2D eigenvalue weighted by atomic mass is 9.83. The van der Waals surface area contributed by atoms with Gasteiger partial charge in [0.2, 0.25) is 0 Å². The summed E-state index contributed by atoms with van der Waals surface area (Å²) in [5, 5.41) is 0. The minimum absolute atomic E-state index is 0.232. The standard InChI is InChI=1S/C16H20O2/c17-15(12-6-2-1-3-7-12)14-10-4-8-13-9-5-11-18-16(13)14/h4,8,10,12H,1-3,5-7,9,11H2. The van der Waals surface area contributed by atoms with E-state index in [4.69, 9.17) is 4.74 Å². The molecule has 18 heavy (non-hydrogen) atoms. The second-order valence-corrected chi connectivity index (χ2v) is 5.45. The summed E-state index contributed by atoms with van der Waals surface area (Å²) in [4.78, 5) is 12.6. The van der Waals surface area contributed by atoms with E-state index in [0.717, 1.165) is 43.6 Å². The van der Waals surface area contributed by atoms with Gasteiger partial charge in [0.15, 0.2) is 5.78 Å². The first-order valence-corrected chi connectivity index (χ1v) is 7.15. The van der Waals surface area contributed by atoms with Gasteiger partial charge in [-0.05, 0) is 37.3 Å². The van der Waals surface area contributed by atoms with E-state index in [-0.39, 0.29) is 5.92 Å². The molecule has 2 nitrogen and oxygen atoms in total. The minimum Gasteiger partial charge on any atom is -0.493 e. The Kier molecular flexibility index (Phi) is 3.35. The molecule has 1 aliphatic carbocycles. The molecule has 1 aromatic carbocycles. The maximum absolute atomic E-state index is 12.6. The predicted molar refractivity (Wildman–Crippen MR) is 71.2 cm³/mol. The maximum Gasteiger partial charge on any atom is 0.169 e. The number of aryl methyl sites for hydroxylation is 1. The Morgan fingerprint density at radius 2 is 1.94 bits per heavy atom. The number of hydrogen-bond donors (Lipinski definition) is 0. The van der Waals surface area contributed by atoms with Gasteiger partial charge in [0, 0.05) is 5.92 Å². The van der Waals surface area contributed by atoms with Crippen molar-refractivity contribution in [2.45, 2.75) is 44.9 Å². The number of fused-ring (bicyclic) bond motifs is 1. The average Bonchev–Trinajstić information content (AvgIpc) is 2.47. The summed E-state index contributed by atoms with van der Waals surface area (Å²) in [5.41, 5.74) is 2.04. The molecule has 0 amide bonds. The third-order valence-corrected chi connectivity index (χ3v) is 4.17. The fourth-order valence-corrected chi connectivity index (χ4v) is 3.17. The van der Waals surface area contributed by atoms with Crippen molar-refractivity contribution in [3.8, 4) is 5.75 Å². The van der Waals surface area contributed by atoms with Gasteiger partial charge in [-0.3, -0.25) is 4.79 Å². The Balaban J connectivity index is 1.89. The largest absolute Gasteiger partial charge is 0.493 e. The quantitative estimate of drug-likeness (QED) is 0.740. The molecule has 0 radical (unpaired) electrons. The van der Waals surface area contributed by atoms with Gasteiger partial charge in [0.1, 0.15) is 5.75 Å². The van der Waals surface area contributed by atoms with Gasteiger partial charge in [-0.2, -0.15) is 0 Å². The number of benzene rings is 1. The molecule has 1 saturated carbocycles. The molecule has 0 unspecified atom stereocenters. The second-order valence-electron chi connectivity index (χ2n) is 5.45. The molecule has 2 heteroatoms. The molecule has 0 saturated heterocycles. The van der Waals surface area contributed by atoms with Crippen molar-refractivity contribution in [2.75, 3.05) is 6.61 Å². The van der Waals surface area contributed by atoms with E-state index in [1.54, 1.807) is 0 Å². The van der Waals surface area contributed by atoms with Crippen LogP contribution in [0.4, 0.5) is 0 Å². The lowest BCUT2D eigenvalue weighted by molar-refractivity contribution is 0.0884. The summed E-state index contributed by atoms with van der Waals surface area (Å²) in [7, 11) is 0. The highest BCUT2D eigenvalue weighted by Crippen LogP contribution is 2.34. The molecule has 1 aliphatic heterocycles. The summed E-state index contributed by atoms with van der Waals surface area (Å²) < 4.78 is 5.75. The first-order chi connectivity index (χ1) is 8.86. The zero-order valence-corrected chi connectivity index (χ0v) is 10.8. The Labute approximate surface area is 108 Å². The Hall–Kier alpha value is -1.31. The number of Topliss-reactive ketones (excluding diaryl/α,β-unsaturated/α-hetero) is 1. The monoisotopic (exact) mass is 244 g/mol. The normalized spacial score (nSPS) is 20.0. The van der Waals surface area contributed by atoms with Crippen LogP contribution in [0.2, 0.25) is 0 Å². The van der Waals surface area contributed by atoms with Gasteiger partial charge in [-0.15, -0.1) is 0 Å². The van der Waals surface area contributed by atoms with Crippen molar-refractivity contribution in [1.29, 1.82) is 0 Å². The predicted octanol–water partition coefficient (Wildman–Crippen LogP) is 3.77. The van der Waals surface area contributed by atoms with E-state index in [1.807, 2.05) is 12.1 Å². The highest BCUT2D eigenvalue weighted by Gasteiger charge is 2.26. The second kappa shape index (κ2) is 5.13. The molecule has 1 heterocycles. The van der Waals surface area contributed by atoms with Crippen LogP contribution in [-0.4, -0.2) is 12.4 Å². The lowest BCUT2D eigenvalue weighted by Gasteiger charge is -2.24. The number of para-hydroxylation sites is 1. The number of carbonyl (C=O) groups is 1. The van der Waals surface area contributed by atoms with Crippen LogP contribution in [0.3, 0.4) is 0 Å². The van der Waals surface area contributed by atoms with Crippen molar-refractivity contribution < 1.29 is 9.53 Å². The van der Waals surface area contributed by atoms with E-state index < -0.39 is 0 Å². The fourth-order valence-electron chi connectivity index (χ4n) is 3.17. The van der Waals surface area contributed by atoms with Gasteiger partial charge in [0.25, 0.3) is 0 Å². The first-order valence-electron chi connectivity index (χ1n) is 7.15. The van der Waals surface area contributed by atoms with Gasteiger partial charge in [-0.1, -0.05) is 31.4 Å². The molecule has 2 aliphatic rings. The SMILES string of the molecule is O=C(c1cccc2c1OCCC2)C1CCCCC1. The van der Waals surface area contributed by atoms with Crippen molar-refractivity contribution in [1.82, 2.24) is 0 Å². The van der Waals surface area contributed by atoms with Gasteiger partial charge in [-0.25, -0.2) is 0 Å². The van der Waals surface area contributed by atoms with Crippen molar-refractivity contribution in [3.63, 3.8) is 0 Å². The molecule has 0 bridgehead atoms. The number of ether oxygens (including phenoxy) is 1. The fraction of sp³-hybridized carbons (Fsp3) is 0.562. The van der Waals surface area contributed by atoms with Crippen LogP contribution >= 0.6 is 0 Å². The van der Waals surface area contributed by atoms with Crippen LogP contribution in [0.5, 0.6) is 5.75 Å². The summed E-state index contributed by atoms with van der Waals surface area (Å²) in [6.45, 7) is 0.752. The van der Waals surface area contributed by atoms with Gasteiger partial charge in [0.05, 0.1) is 12.2 Å². The van der Waals surface area contributed by atoms with Crippen LogP contribution in [0, 0.1) is 5.92 Å². The first kappa shape index (κ1) is 11.8. The molecule has 1 fully saturated rings. The molecule has 96 valence electrons. The molecule has 1 aromatic rings. The topological polar surface area (TPSA) is 26.3 Å². The highest BCUT2D eigenvalue weighted by atomic mass is 16.5. The smallest absolute Gasteiger partial charge is 0.169 e. The third-order valence-electron chi connectivity index (χ3n) is 4.17. The van der Waals surface area contributed by atoms with Crippen molar-refractivity contribution in [2.24, 2.45) is 5.92 Å². The maximum atomic E-state index is 12.6. The van der Waals surface area contributed by atoms with E-state index in [0.29, 0.717) is 5.78 Å². The molecular weight excluding hydrogens is 224 g/mol. The Morgan fingerprint density at radius 3 is 2.78 bits per heavy atom. The van der Waals surface area contributed by atoms with Crippen LogP contribution < -0.4 is 4.74 Å². The summed E-state index contributed by atoms with van der Waals surface area (Å²) in [5.74, 6) is 1.42. The number of rotatable bonds is 2. The molecule has 0 aromatic heterocycles. The number of carbonyl (C=O) groups excluding carboxylic acids is 1. The summed E-state index contributed by atoms with van der Waals surface area (Å²) >= 11 is 0. The van der Waals surface area contributed by atoms with Gasteiger partial charge >= 0.3 is 0 Å². The van der Waals surface area contributed by atoms with E-state index >= 15 is 0 Å². The number of ketones is 1. The van der Waals surface area contributed by atoms with Crippen LogP contribution in [0.15, 0.2) is 18.2 Å². The van der Waals surface area contributed by atoms with Crippen LogP contribution in [0.25, 0.3) is 0 Å². The molecule has 0 N–H and O–H groups in total. The van der Waals surface area contributed by atoms with Gasteiger partial charge < -0.3 is 4.74 Å². The molecular formula is C16H20O2. The van der Waals surface area contributed by atoms with E-state index in [9.17, 15) is 4.79 Å². The zero-order valence-electron chi connectivity index (χ0n) is 10.8. The van der Waals surface area contributed by atoms with Crippen molar-refractivity contribution >= 4 is 5.78 Å². The van der Waals surface area contributed by atoms with Crippen LogP contribution in [0.1, 0.15) is 54.4 Å². The summed E-state index contributed by atoms with van der Waals surface area (Å²) in [6, 6.07) is 6.04. The Morgan fingerprint density at radius 1 is 1.11 bits per heavy atom. The highest BCUT2D eigenvalue weighted by molar-refractivity contribution is 6.00. The molecule has 0 spiro atoms. The average molecular weight is 244 g/mol. The minimum atomic E-state index is 0.232. The lowest BCUT2D eigenvalue weighted by Crippen LogP contribution is -2.20. The van der Waals surface area contributed by atoms with E-state index in [2.05, 4.69) is 6.07 Å². The van der Waals surface area contributed by atoms with Crippen molar-refractivity contribution in [3.05, 3.63) is 29.3 Å². The van der Waals surface area contributed by atoms with Crippen LogP contribution in [-0.2, 0) is 6.42 Å². The zero-order chi connectivity index (χ0) is 12.4. The molecule has 0 atom stereocenters.